The van der Waals surface area contributed by atoms with Crippen LogP contribution in [0.25, 0.3) is 32.9 Å². The predicted molar refractivity (Wildman–Crippen MR) is 131 cm³/mol. The molecule has 2 aromatic carbocycles. The lowest BCUT2D eigenvalue weighted by atomic mass is 9.94. The number of piperidine rings is 1. The lowest BCUT2D eigenvalue weighted by Gasteiger charge is -2.21. The van der Waals surface area contributed by atoms with Crippen molar-refractivity contribution in [3.8, 4) is 17.0 Å². The van der Waals surface area contributed by atoms with Crippen molar-refractivity contribution in [2.45, 2.75) is 40.5 Å². The van der Waals surface area contributed by atoms with Crippen LogP contribution in [-0.4, -0.2) is 33.1 Å². The van der Waals surface area contributed by atoms with Crippen LogP contribution in [0.15, 0.2) is 30.5 Å². The number of hydrogen-bond acceptors (Lipinski definition) is 5. The van der Waals surface area contributed by atoms with Crippen LogP contribution in [0, 0.1) is 30.4 Å². The second kappa shape index (κ2) is 8.46. The molecule has 1 saturated heterocycles. The first-order chi connectivity index (χ1) is 16.4. The van der Waals surface area contributed by atoms with Crippen LogP contribution in [0.3, 0.4) is 0 Å². The van der Waals surface area contributed by atoms with Gasteiger partial charge in [-0.1, -0.05) is 26.8 Å². The standard InChI is InChI=1S/C25H22F2N4O.C2H6/c1-3-17-20(26)5-4-13-7-16(32)8-18(21(13)17)23-22(27)24-19(9-28-23)25(30-12(2)29-24)31-10-14-6-15(14)11-31;1-2/h4-5,7-9,14-15,32H,3,6,10-11H2,1-2H3;1-2H3. The van der Waals surface area contributed by atoms with E-state index in [0.717, 1.165) is 18.9 Å². The van der Waals surface area contributed by atoms with Crippen LogP contribution in [0.4, 0.5) is 14.6 Å². The summed E-state index contributed by atoms with van der Waals surface area (Å²) in [6.07, 6.45) is 3.29. The molecule has 1 saturated carbocycles. The summed E-state index contributed by atoms with van der Waals surface area (Å²) in [5.41, 5.74) is 1.07. The first kappa shape index (κ1) is 22.4. The largest absolute Gasteiger partial charge is 0.508 e. The highest BCUT2D eigenvalue weighted by Gasteiger charge is 2.45. The van der Waals surface area contributed by atoms with E-state index in [4.69, 9.17) is 0 Å². The minimum absolute atomic E-state index is 0.0293. The van der Waals surface area contributed by atoms with E-state index in [1.807, 2.05) is 20.8 Å². The molecule has 4 aromatic rings. The average molecular weight is 463 g/mol. The van der Waals surface area contributed by atoms with E-state index in [-0.39, 0.29) is 22.8 Å². The Morgan fingerprint density at radius 2 is 1.82 bits per heavy atom. The van der Waals surface area contributed by atoms with E-state index >= 15 is 4.39 Å². The van der Waals surface area contributed by atoms with Gasteiger partial charge in [0, 0.05) is 24.8 Å². The van der Waals surface area contributed by atoms with Gasteiger partial charge in [0.2, 0.25) is 0 Å². The molecule has 2 aliphatic rings. The third-order valence-corrected chi connectivity index (χ3v) is 6.82. The van der Waals surface area contributed by atoms with Crippen molar-refractivity contribution in [2.75, 3.05) is 18.0 Å². The maximum absolute atomic E-state index is 15.9. The SMILES string of the molecule is CC.CCc1c(F)ccc2cc(O)cc(-c3ncc4c(N5CC6CC6C5)nc(C)nc4c3F)c12. The number of pyridine rings is 1. The molecule has 34 heavy (non-hydrogen) atoms. The molecule has 0 radical (unpaired) electrons. The van der Waals surface area contributed by atoms with Crippen molar-refractivity contribution in [3.63, 3.8) is 0 Å². The fourth-order valence-corrected chi connectivity index (χ4v) is 5.18. The number of rotatable bonds is 3. The smallest absolute Gasteiger partial charge is 0.175 e. The van der Waals surface area contributed by atoms with Crippen LogP contribution < -0.4 is 4.90 Å². The minimum Gasteiger partial charge on any atom is -0.508 e. The Morgan fingerprint density at radius 1 is 1.09 bits per heavy atom. The highest BCUT2D eigenvalue weighted by Crippen LogP contribution is 2.47. The topological polar surface area (TPSA) is 62.1 Å². The zero-order chi connectivity index (χ0) is 24.1. The van der Waals surface area contributed by atoms with Crippen LogP contribution in [0.1, 0.15) is 38.6 Å². The van der Waals surface area contributed by atoms with Crippen LogP contribution in [0.5, 0.6) is 5.75 Å². The Morgan fingerprint density at radius 3 is 2.53 bits per heavy atom. The van der Waals surface area contributed by atoms with Gasteiger partial charge in [-0.05, 0) is 66.1 Å². The molecule has 3 heterocycles. The van der Waals surface area contributed by atoms with Crippen molar-refractivity contribution < 1.29 is 13.9 Å². The number of aryl methyl sites for hydroxylation is 2. The Bertz CT molecular complexity index is 1410. The number of aromatic nitrogens is 3. The molecule has 0 amide bonds. The van der Waals surface area contributed by atoms with Crippen LogP contribution >= 0.6 is 0 Å². The van der Waals surface area contributed by atoms with Crippen molar-refractivity contribution in [2.24, 2.45) is 11.8 Å². The number of hydrogen-bond donors (Lipinski definition) is 1. The summed E-state index contributed by atoms with van der Waals surface area (Å²) in [5.74, 6) is 1.65. The first-order valence-electron chi connectivity index (χ1n) is 12.0. The zero-order valence-electron chi connectivity index (χ0n) is 19.9. The molecular formula is C27H28F2N4O. The molecule has 2 atom stereocenters. The molecule has 176 valence electrons. The molecule has 7 heteroatoms. The Labute approximate surface area is 197 Å². The Kier molecular flexibility index (Phi) is 5.58. The monoisotopic (exact) mass is 462 g/mol. The molecule has 0 spiro atoms. The summed E-state index contributed by atoms with van der Waals surface area (Å²) in [4.78, 5) is 15.6. The van der Waals surface area contributed by atoms with Gasteiger partial charge in [-0.2, -0.15) is 0 Å². The minimum atomic E-state index is -0.586. The average Bonchev–Trinajstić information content (AvgIpc) is 3.45. The molecule has 2 aromatic heterocycles. The highest BCUT2D eigenvalue weighted by molar-refractivity contribution is 6.01. The molecular weight excluding hydrogens is 434 g/mol. The van der Waals surface area contributed by atoms with Crippen molar-refractivity contribution >= 4 is 27.5 Å². The van der Waals surface area contributed by atoms with E-state index in [0.29, 0.717) is 51.4 Å². The quantitative estimate of drug-likeness (QED) is 0.394. The summed E-state index contributed by atoms with van der Waals surface area (Å²) < 4.78 is 30.5. The summed E-state index contributed by atoms with van der Waals surface area (Å²) in [6, 6.07) is 5.97. The predicted octanol–water partition coefficient (Wildman–Crippen LogP) is 6.18. The molecule has 2 fully saturated rings. The van der Waals surface area contributed by atoms with E-state index in [1.165, 1.54) is 18.6 Å². The van der Waals surface area contributed by atoms with Crippen molar-refractivity contribution in [3.05, 3.63) is 53.5 Å². The fraction of sp³-hybridized carbons (Fsp3) is 0.370. The van der Waals surface area contributed by atoms with Gasteiger partial charge < -0.3 is 10.0 Å². The third-order valence-electron chi connectivity index (χ3n) is 6.82. The van der Waals surface area contributed by atoms with Crippen LogP contribution in [-0.2, 0) is 6.42 Å². The van der Waals surface area contributed by atoms with E-state index in [2.05, 4.69) is 19.9 Å². The fourth-order valence-electron chi connectivity index (χ4n) is 5.18. The van der Waals surface area contributed by atoms with E-state index in [1.54, 1.807) is 25.3 Å². The number of phenols is 1. The molecule has 0 bridgehead atoms. The van der Waals surface area contributed by atoms with Gasteiger partial charge in [0.25, 0.3) is 0 Å². The molecule has 1 aliphatic carbocycles. The van der Waals surface area contributed by atoms with Gasteiger partial charge in [0.05, 0.1) is 5.39 Å². The number of aromatic hydroxyl groups is 1. The zero-order valence-corrected chi connectivity index (χ0v) is 19.9. The Hall–Kier alpha value is -3.35. The van der Waals surface area contributed by atoms with Crippen LogP contribution in [0.2, 0.25) is 0 Å². The maximum atomic E-state index is 15.9. The first-order valence-corrected chi connectivity index (χ1v) is 12.0. The lowest BCUT2D eigenvalue weighted by molar-refractivity contribution is 0.476. The number of phenolic OH excluding ortho intramolecular Hbond substituents is 1. The molecule has 5 nitrogen and oxygen atoms in total. The second-order valence-corrected chi connectivity index (χ2v) is 8.91. The van der Waals surface area contributed by atoms with Gasteiger partial charge >= 0.3 is 0 Å². The number of benzene rings is 2. The van der Waals surface area contributed by atoms with Crippen molar-refractivity contribution in [1.82, 2.24) is 15.0 Å². The van der Waals surface area contributed by atoms with Gasteiger partial charge in [-0.3, -0.25) is 4.98 Å². The Balaban J connectivity index is 0.00000117. The second-order valence-electron chi connectivity index (χ2n) is 8.91. The number of halogens is 2. The summed E-state index contributed by atoms with van der Waals surface area (Å²) >= 11 is 0. The number of fused-ring (bicyclic) bond motifs is 3. The van der Waals surface area contributed by atoms with E-state index < -0.39 is 5.82 Å². The lowest BCUT2D eigenvalue weighted by Crippen LogP contribution is -2.24. The maximum Gasteiger partial charge on any atom is 0.175 e. The van der Waals surface area contributed by atoms with Crippen molar-refractivity contribution in [1.29, 1.82) is 0 Å². The van der Waals surface area contributed by atoms with Gasteiger partial charge in [-0.15, -0.1) is 0 Å². The molecule has 1 N–H and O–H groups in total. The number of anilines is 1. The summed E-state index contributed by atoms with van der Waals surface area (Å²) in [5, 5.41) is 12.1. The van der Waals surface area contributed by atoms with E-state index in [9.17, 15) is 9.50 Å². The normalized spacial score (nSPS) is 18.7. The highest BCUT2D eigenvalue weighted by atomic mass is 19.1. The van der Waals surface area contributed by atoms with Gasteiger partial charge in [0.15, 0.2) is 5.82 Å². The number of nitrogens with zero attached hydrogens (tertiary/aromatic N) is 4. The summed E-state index contributed by atoms with van der Waals surface area (Å²) in [6.45, 7) is 9.46. The molecule has 2 unspecified atom stereocenters. The third kappa shape index (κ3) is 3.54. The molecule has 1 aliphatic heterocycles. The molecule has 6 rings (SSSR count). The van der Waals surface area contributed by atoms with Gasteiger partial charge in [-0.25, -0.2) is 18.7 Å². The summed E-state index contributed by atoms with van der Waals surface area (Å²) in [7, 11) is 0. The van der Waals surface area contributed by atoms with Gasteiger partial charge in [0.1, 0.15) is 34.4 Å².